The highest BCUT2D eigenvalue weighted by Crippen LogP contribution is 2.28. The molecule has 1 saturated heterocycles. The van der Waals surface area contributed by atoms with Crippen molar-refractivity contribution >= 4 is 5.91 Å². The van der Waals surface area contributed by atoms with Crippen LogP contribution in [-0.4, -0.2) is 23.9 Å². The van der Waals surface area contributed by atoms with Crippen LogP contribution < -0.4 is 0 Å². The van der Waals surface area contributed by atoms with E-state index in [1.165, 1.54) is 19.3 Å². The number of hydrogen-bond acceptors (Lipinski definition) is 1. The van der Waals surface area contributed by atoms with Gasteiger partial charge >= 0.3 is 0 Å². The molecule has 1 heterocycles. The van der Waals surface area contributed by atoms with E-state index in [1.807, 2.05) is 0 Å². The van der Waals surface area contributed by atoms with Gasteiger partial charge in [0.25, 0.3) is 0 Å². The maximum absolute atomic E-state index is 12.1. The fourth-order valence-electron chi connectivity index (χ4n) is 2.62. The van der Waals surface area contributed by atoms with Gasteiger partial charge in [-0.15, -0.1) is 0 Å². The highest BCUT2D eigenvalue weighted by Gasteiger charge is 2.27. The quantitative estimate of drug-likeness (QED) is 0.735. The smallest absolute Gasteiger partial charge is 0.223 e. The molecule has 1 unspecified atom stereocenters. The van der Waals surface area contributed by atoms with E-state index in [0.29, 0.717) is 12.3 Å². The van der Waals surface area contributed by atoms with Gasteiger partial charge < -0.3 is 4.90 Å². The van der Waals surface area contributed by atoms with Gasteiger partial charge in [0.1, 0.15) is 0 Å². The van der Waals surface area contributed by atoms with Crippen LogP contribution in [0.1, 0.15) is 60.3 Å². The van der Waals surface area contributed by atoms with Gasteiger partial charge in [0, 0.05) is 19.5 Å². The van der Waals surface area contributed by atoms with Gasteiger partial charge in [0.05, 0.1) is 0 Å². The van der Waals surface area contributed by atoms with E-state index in [2.05, 4.69) is 39.5 Å². The van der Waals surface area contributed by atoms with Gasteiger partial charge in [0.2, 0.25) is 5.91 Å². The minimum Gasteiger partial charge on any atom is -0.343 e. The molecule has 2 heteroatoms. The number of likely N-dealkylation sites (tertiary alicyclic amines) is 1. The Balaban J connectivity index is 2.39. The van der Waals surface area contributed by atoms with Gasteiger partial charge in [-0.2, -0.15) is 0 Å². The van der Waals surface area contributed by atoms with E-state index in [0.717, 1.165) is 24.9 Å². The molecule has 0 N–H and O–H groups in total. The van der Waals surface area contributed by atoms with Gasteiger partial charge in [-0.1, -0.05) is 41.0 Å². The normalized spacial score (nSPS) is 20.4. The van der Waals surface area contributed by atoms with Gasteiger partial charge in [-0.25, -0.2) is 0 Å². The van der Waals surface area contributed by atoms with Crippen LogP contribution in [0.15, 0.2) is 0 Å². The number of amides is 1. The molecule has 1 aliphatic heterocycles. The molecule has 0 saturated carbocycles. The Morgan fingerprint density at radius 3 is 2.24 bits per heavy atom. The van der Waals surface area contributed by atoms with Crippen molar-refractivity contribution in [1.29, 1.82) is 0 Å². The minimum atomic E-state index is 0.116. The van der Waals surface area contributed by atoms with Crippen LogP contribution in [0.4, 0.5) is 0 Å². The maximum Gasteiger partial charge on any atom is 0.223 e. The molecule has 1 amide bonds. The molecule has 1 fully saturated rings. The average Bonchev–Trinajstić information content (AvgIpc) is 2.26. The highest BCUT2D eigenvalue weighted by atomic mass is 16.2. The van der Waals surface area contributed by atoms with Crippen molar-refractivity contribution in [3.8, 4) is 0 Å². The number of nitrogens with zero attached hydrogens (tertiary/aromatic N) is 1. The second-order valence-electron chi connectivity index (χ2n) is 6.84. The van der Waals surface area contributed by atoms with Crippen LogP contribution in [0, 0.1) is 17.3 Å². The SMILES string of the molecule is CCC(C)C1CCN(C(=O)CC(C)(C)C)CC1. The van der Waals surface area contributed by atoms with Crippen LogP contribution in [0.25, 0.3) is 0 Å². The molecule has 0 spiro atoms. The molecule has 0 aromatic rings. The van der Waals surface area contributed by atoms with Crippen molar-refractivity contribution < 1.29 is 4.79 Å². The van der Waals surface area contributed by atoms with E-state index < -0.39 is 0 Å². The summed E-state index contributed by atoms with van der Waals surface area (Å²) in [7, 11) is 0. The van der Waals surface area contributed by atoms with Crippen LogP contribution >= 0.6 is 0 Å². The Labute approximate surface area is 107 Å². The van der Waals surface area contributed by atoms with Crippen molar-refractivity contribution in [1.82, 2.24) is 4.90 Å². The van der Waals surface area contributed by atoms with Crippen LogP contribution in [0.2, 0.25) is 0 Å². The first-order valence-corrected chi connectivity index (χ1v) is 7.11. The number of rotatable bonds is 3. The summed E-state index contributed by atoms with van der Waals surface area (Å²) >= 11 is 0. The van der Waals surface area contributed by atoms with E-state index >= 15 is 0 Å². The predicted octanol–water partition coefficient (Wildman–Crippen LogP) is 3.71. The summed E-state index contributed by atoms with van der Waals surface area (Å²) in [5.74, 6) is 1.99. The second kappa shape index (κ2) is 5.88. The molecule has 100 valence electrons. The molecule has 1 atom stereocenters. The number of carbonyl (C=O) groups is 1. The third-order valence-electron chi connectivity index (χ3n) is 4.02. The standard InChI is InChI=1S/C15H29NO/c1-6-12(2)13-7-9-16(10-8-13)14(17)11-15(3,4)5/h12-13H,6-11H2,1-5H3. The van der Waals surface area contributed by atoms with E-state index in [9.17, 15) is 4.79 Å². The van der Waals surface area contributed by atoms with Crippen molar-refractivity contribution in [2.45, 2.75) is 60.3 Å². The monoisotopic (exact) mass is 239 g/mol. The first kappa shape index (κ1) is 14.5. The maximum atomic E-state index is 12.1. The molecule has 1 rings (SSSR count). The molecule has 1 aliphatic rings. The Morgan fingerprint density at radius 2 is 1.82 bits per heavy atom. The minimum absolute atomic E-state index is 0.116. The van der Waals surface area contributed by atoms with Crippen molar-refractivity contribution in [3.05, 3.63) is 0 Å². The molecule has 0 bridgehead atoms. The molecule has 0 aromatic carbocycles. The third-order valence-corrected chi connectivity index (χ3v) is 4.02. The first-order valence-electron chi connectivity index (χ1n) is 7.11. The largest absolute Gasteiger partial charge is 0.343 e. The van der Waals surface area contributed by atoms with Crippen LogP contribution in [0.5, 0.6) is 0 Å². The lowest BCUT2D eigenvalue weighted by molar-refractivity contribution is -0.134. The van der Waals surface area contributed by atoms with Crippen molar-refractivity contribution in [3.63, 3.8) is 0 Å². The number of hydrogen-bond donors (Lipinski definition) is 0. The topological polar surface area (TPSA) is 20.3 Å². The summed E-state index contributed by atoms with van der Waals surface area (Å²) in [4.78, 5) is 14.2. The van der Waals surface area contributed by atoms with Gasteiger partial charge in [-0.05, 0) is 30.1 Å². The molecule has 17 heavy (non-hydrogen) atoms. The molecule has 0 radical (unpaired) electrons. The zero-order valence-electron chi connectivity index (χ0n) is 12.3. The number of carbonyl (C=O) groups excluding carboxylic acids is 1. The number of piperidine rings is 1. The van der Waals surface area contributed by atoms with Crippen LogP contribution in [-0.2, 0) is 4.79 Å². The summed E-state index contributed by atoms with van der Waals surface area (Å²) in [6.07, 6.45) is 4.34. The molecular weight excluding hydrogens is 210 g/mol. The van der Waals surface area contributed by atoms with E-state index in [-0.39, 0.29) is 5.41 Å². The zero-order chi connectivity index (χ0) is 13.1. The summed E-state index contributed by atoms with van der Waals surface area (Å²) in [6.45, 7) is 13.0. The lowest BCUT2D eigenvalue weighted by atomic mass is 9.83. The van der Waals surface area contributed by atoms with Crippen molar-refractivity contribution in [2.24, 2.45) is 17.3 Å². The highest BCUT2D eigenvalue weighted by molar-refractivity contribution is 5.76. The lowest BCUT2D eigenvalue weighted by Gasteiger charge is -2.35. The zero-order valence-corrected chi connectivity index (χ0v) is 12.3. The van der Waals surface area contributed by atoms with E-state index in [4.69, 9.17) is 0 Å². The summed E-state index contributed by atoms with van der Waals surface area (Å²) < 4.78 is 0. The van der Waals surface area contributed by atoms with Crippen molar-refractivity contribution in [2.75, 3.05) is 13.1 Å². The Hall–Kier alpha value is -0.530. The van der Waals surface area contributed by atoms with Gasteiger partial charge in [-0.3, -0.25) is 4.79 Å². The molecule has 0 aliphatic carbocycles. The second-order valence-corrected chi connectivity index (χ2v) is 6.84. The molecule has 2 nitrogen and oxygen atoms in total. The Morgan fingerprint density at radius 1 is 1.29 bits per heavy atom. The summed E-state index contributed by atoms with van der Waals surface area (Å²) in [5, 5.41) is 0. The Kier molecular flexibility index (Phi) is 5.03. The predicted molar refractivity (Wildman–Crippen MR) is 72.8 cm³/mol. The molecule has 0 aromatic heterocycles. The fourth-order valence-corrected chi connectivity index (χ4v) is 2.62. The van der Waals surface area contributed by atoms with E-state index in [1.54, 1.807) is 0 Å². The third kappa shape index (κ3) is 4.69. The molecular formula is C15H29NO. The first-order chi connectivity index (χ1) is 7.83. The lowest BCUT2D eigenvalue weighted by Crippen LogP contribution is -2.41. The Bertz CT molecular complexity index is 246. The average molecular weight is 239 g/mol. The summed E-state index contributed by atoms with van der Waals surface area (Å²) in [5.41, 5.74) is 0.116. The fraction of sp³-hybridized carbons (Fsp3) is 0.933. The van der Waals surface area contributed by atoms with Crippen LogP contribution in [0.3, 0.4) is 0 Å². The van der Waals surface area contributed by atoms with Gasteiger partial charge in [0.15, 0.2) is 0 Å². The summed E-state index contributed by atoms with van der Waals surface area (Å²) in [6, 6.07) is 0.